The van der Waals surface area contributed by atoms with Gasteiger partial charge in [0.15, 0.2) is 11.7 Å². The van der Waals surface area contributed by atoms with Gasteiger partial charge in [-0.3, -0.25) is 14.2 Å². The number of ether oxygens (including phenoxy) is 2. The molecule has 0 unspecified atom stereocenters. The molecule has 2 aromatic carbocycles. The maximum Gasteiger partial charge on any atom is 0.420 e. The van der Waals surface area contributed by atoms with E-state index in [1.54, 1.807) is 39.0 Å². The smallest absolute Gasteiger partial charge is 0.420 e. The fourth-order valence-corrected chi connectivity index (χ4v) is 4.47. The van der Waals surface area contributed by atoms with E-state index in [4.69, 9.17) is 19.0 Å². The summed E-state index contributed by atoms with van der Waals surface area (Å²) < 4.78 is 17.3. The third-order valence-electron chi connectivity index (χ3n) is 6.38. The lowest BCUT2D eigenvalue weighted by atomic mass is 10.0. The highest BCUT2D eigenvalue weighted by molar-refractivity contribution is 5.83. The first-order valence-corrected chi connectivity index (χ1v) is 13.2. The Balaban J connectivity index is 1.41. The molecule has 1 aromatic heterocycles. The van der Waals surface area contributed by atoms with Crippen molar-refractivity contribution >= 4 is 29.1 Å². The Bertz CT molecular complexity index is 1530. The summed E-state index contributed by atoms with van der Waals surface area (Å²) in [6, 6.07) is 13.6. The van der Waals surface area contributed by atoms with E-state index in [1.165, 1.54) is 4.90 Å². The molecule has 0 spiro atoms. The summed E-state index contributed by atoms with van der Waals surface area (Å²) in [5.41, 5.74) is 2.34. The highest BCUT2D eigenvalue weighted by atomic mass is 16.6. The summed E-state index contributed by atoms with van der Waals surface area (Å²) in [5, 5.41) is 21.5. The first-order chi connectivity index (χ1) is 19.4. The highest BCUT2D eigenvalue weighted by Crippen LogP contribution is 2.25. The summed E-state index contributed by atoms with van der Waals surface area (Å²) >= 11 is 0. The molecule has 0 saturated carbocycles. The standard InChI is InChI=1S/C29H32N4O8/c1-29(2,3)41-27(37)32-11-4-12-39-24(16-32)26(36)31-21(15-30)13-18-5-7-19(8-6-18)20-9-10-23-22(14-20)33(17-25(34)35)28(38)40-23/h5-10,14,21,24H,4,11-13,16-17H2,1-3H3,(H,31,36)(H,34,35)/t21-,24-/m0/s1. The predicted molar refractivity (Wildman–Crippen MR) is 147 cm³/mol. The molecule has 41 heavy (non-hydrogen) atoms. The van der Waals surface area contributed by atoms with Gasteiger partial charge in [0, 0.05) is 19.6 Å². The zero-order chi connectivity index (χ0) is 29.7. The second kappa shape index (κ2) is 12.3. The number of rotatable bonds is 7. The molecule has 0 bridgehead atoms. The molecular formula is C29H32N4O8. The number of carboxylic acid groups (broad SMARTS) is 1. The number of aromatic nitrogens is 1. The van der Waals surface area contributed by atoms with Crippen molar-refractivity contribution < 1.29 is 33.4 Å². The van der Waals surface area contributed by atoms with Crippen molar-refractivity contribution in [1.29, 1.82) is 5.26 Å². The largest absolute Gasteiger partial charge is 0.480 e. The highest BCUT2D eigenvalue weighted by Gasteiger charge is 2.31. The summed E-state index contributed by atoms with van der Waals surface area (Å²) in [6.07, 6.45) is -0.652. The second-order valence-electron chi connectivity index (χ2n) is 10.8. The van der Waals surface area contributed by atoms with Gasteiger partial charge in [-0.2, -0.15) is 5.26 Å². The van der Waals surface area contributed by atoms with Gasteiger partial charge < -0.3 is 29.2 Å². The Morgan fingerprint density at radius 3 is 2.54 bits per heavy atom. The van der Waals surface area contributed by atoms with Crippen LogP contribution < -0.4 is 11.1 Å². The van der Waals surface area contributed by atoms with Crippen molar-refractivity contribution in [3.63, 3.8) is 0 Å². The number of nitrogens with one attached hydrogen (secondary N) is 1. The Morgan fingerprint density at radius 1 is 1.17 bits per heavy atom. The minimum atomic E-state index is -1.16. The lowest BCUT2D eigenvalue weighted by Crippen LogP contribution is -2.48. The number of hydrogen-bond acceptors (Lipinski definition) is 8. The van der Waals surface area contributed by atoms with E-state index in [1.807, 2.05) is 24.3 Å². The third kappa shape index (κ3) is 7.52. The average molecular weight is 565 g/mol. The second-order valence-corrected chi connectivity index (χ2v) is 10.8. The zero-order valence-corrected chi connectivity index (χ0v) is 23.1. The quantitative estimate of drug-likeness (QED) is 0.439. The predicted octanol–water partition coefficient (Wildman–Crippen LogP) is 2.92. The number of aliphatic carboxylic acids is 1. The molecule has 216 valence electrons. The van der Waals surface area contributed by atoms with Crippen molar-refractivity contribution in [1.82, 2.24) is 14.8 Å². The molecule has 4 rings (SSSR count). The van der Waals surface area contributed by atoms with Crippen molar-refractivity contribution in [2.75, 3.05) is 19.7 Å². The van der Waals surface area contributed by atoms with E-state index in [2.05, 4.69) is 11.4 Å². The first kappa shape index (κ1) is 29.4. The van der Waals surface area contributed by atoms with Crippen LogP contribution in [0.15, 0.2) is 51.7 Å². The van der Waals surface area contributed by atoms with Crippen LogP contribution in [0.2, 0.25) is 0 Å². The number of amides is 2. The number of nitriles is 1. The van der Waals surface area contributed by atoms with Crippen LogP contribution in [-0.2, 0) is 32.0 Å². The van der Waals surface area contributed by atoms with Crippen LogP contribution in [0.3, 0.4) is 0 Å². The lowest BCUT2D eigenvalue weighted by Gasteiger charge is -2.27. The average Bonchev–Trinajstić information content (AvgIpc) is 3.06. The third-order valence-corrected chi connectivity index (χ3v) is 6.38. The summed E-state index contributed by atoms with van der Waals surface area (Å²) in [7, 11) is 0. The minimum Gasteiger partial charge on any atom is -0.480 e. The SMILES string of the molecule is CC(C)(C)OC(=O)N1CCCO[C@H](C(=O)N[C@H](C#N)Cc2ccc(-c3ccc4oc(=O)n(CC(=O)O)c4c3)cc2)C1. The molecule has 0 radical (unpaired) electrons. The number of nitrogens with zero attached hydrogens (tertiary/aromatic N) is 3. The number of fused-ring (bicyclic) bond motifs is 1. The molecule has 2 heterocycles. The van der Waals surface area contributed by atoms with Gasteiger partial charge in [0.1, 0.15) is 18.2 Å². The van der Waals surface area contributed by atoms with E-state index in [0.717, 1.165) is 21.3 Å². The number of carbonyl (C=O) groups excluding carboxylic acids is 2. The molecule has 1 saturated heterocycles. The summed E-state index contributed by atoms with van der Waals surface area (Å²) in [6.45, 7) is 5.52. The molecule has 2 atom stereocenters. The monoisotopic (exact) mass is 564 g/mol. The molecule has 1 aliphatic rings. The first-order valence-electron chi connectivity index (χ1n) is 13.2. The fourth-order valence-electron chi connectivity index (χ4n) is 4.47. The molecule has 1 fully saturated rings. The number of oxazole rings is 1. The minimum absolute atomic E-state index is 0.0227. The van der Waals surface area contributed by atoms with E-state index >= 15 is 0 Å². The Kier molecular flexibility index (Phi) is 8.78. The van der Waals surface area contributed by atoms with Crippen LogP contribution in [0.1, 0.15) is 32.8 Å². The molecule has 0 aliphatic carbocycles. The molecule has 12 nitrogen and oxygen atoms in total. The zero-order valence-electron chi connectivity index (χ0n) is 23.1. The normalized spacial score (nSPS) is 16.4. The number of benzene rings is 2. The van der Waals surface area contributed by atoms with E-state index < -0.39 is 48.0 Å². The summed E-state index contributed by atoms with van der Waals surface area (Å²) in [4.78, 5) is 50.1. The number of carboxylic acids is 1. The van der Waals surface area contributed by atoms with Crippen LogP contribution in [0, 0.1) is 11.3 Å². The van der Waals surface area contributed by atoms with Gasteiger partial charge in [-0.05, 0) is 56.0 Å². The maximum absolute atomic E-state index is 13.0. The van der Waals surface area contributed by atoms with Gasteiger partial charge in [0.25, 0.3) is 5.91 Å². The van der Waals surface area contributed by atoms with Gasteiger partial charge in [-0.1, -0.05) is 30.3 Å². The summed E-state index contributed by atoms with van der Waals surface area (Å²) in [5.74, 6) is -2.38. The van der Waals surface area contributed by atoms with Gasteiger partial charge in [0.05, 0.1) is 18.1 Å². The topological polar surface area (TPSA) is 164 Å². The Labute approximate surface area is 236 Å². The van der Waals surface area contributed by atoms with E-state index in [-0.39, 0.29) is 18.5 Å². The van der Waals surface area contributed by atoms with Crippen LogP contribution in [0.4, 0.5) is 4.79 Å². The van der Waals surface area contributed by atoms with Crippen molar-refractivity contribution in [2.45, 2.75) is 57.9 Å². The van der Waals surface area contributed by atoms with Gasteiger partial charge in [-0.25, -0.2) is 9.59 Å². The molecule has 1 aliphatic heterocycles. The van der Waals surface area contributed by atoms with Crippen LogP contribution in [0.5, 0.6) is 0 Å². The van der Waals surface area contributed by atoms with Crippen molar-refractivity contribution in [3.8, 4) is 17.2 Å². The lowest BCUT2D eigenvalue weighted by molar-refractivity contribution is -0.137. The number of carbonyl (C=O) groups is 3. The van der Waals surface area contributed by atoms with Crippen LogP contribution in [-0.4, -0.2) is 70.0 Å². The molecule has 3 aromatic rings. The van der Waals surface area contributed by atoms with E-state index in [0.29, 0.717) is 25.1 Å². The molecule has 12 heteroatoms. The van der Waals surface area contributed by atoms with Crippen molar-refractivity contribution in [3.05, 3.63) is 58.6 Å². The Hall–Kier alpha value is -4.63. The van der Waals surface area contributed by atoms with E-state index in [9.17, 15) is 24.4 Å². The number of hydrogen-bond donors (Lipinski definition) is 2. The molecule has 2 N–H and O–H groups in total. The Morgan fingerprint density at radius 2 is 1.88 bits per heavy atom. The van der Waals surface area contributed by atoms with Crippen LogP contribution in [0.25, 0.3) is 22.2 Å². The maximum atomic E-state index is 13.0. The van der Waals surface area contributed by atoms with Gasteiger partial charge in [0.2, 0.25) is 0 Å². The fraction of sp³-hybridized carbons (Fsp3) is 0.414. The molecule has 2 amide bonds. The van der Waals surface area contributed by atoms with Gasteiger partial charge in [-0.15, -0.1) is 0 Å². The van der Waals surface area contributed by atoms with Crippen LogP contribution >= 0.6 is 0 Å². The van der Waals surface area contributed by atoms with Gasteiger partial charge >= 0.3 is 17.8 Å². The molecular weight excluding hydrogens is 532 g/mol. The van der Waals surface area contributed by atoms with Crippen molar-refractivity contribution in [2.24, 2.45) is 0 Å².